The summed E-state index contributed by atoms with van der Waals surface area (Å²) in [6, 6.07) is 6.08. The van der Waals surface area contributed by atoms with Gasteiger partial charge >= 0.3 is 0 Å². The van der Waals surface area contributed by atoms with Crippen LogP contribution >= 0.6 is 0 Å². The molecule has 4 N–H and O–H groups in total. The van der Waals surface area contributed by atoms with Crippen molar-refractivity contribution in [3.8, 4) is 5.69 Å². The summed E-state index contributed by atoms with van der Waals surface area (Å²) < 4.78 is 12.8. The Balaban J connectivity index is 1.49. The molecule has 1 aliphatic carbocycles. The lowest BCUT2D eigenvalue weighted by atomic mass is 9.92. The maximum atomic E-state index is 13.2. The van der Waals surface area contributed by atoms with Crippen LogP contribution in [0.5, 0.6) is 0 Å². The van der Waals surface area contributed by atoms with E-state index in [2.05, 4.69) is 15.3 Å². The van der Waals surface area contributed by atoms with Crippen molar-refractivity contribution in [3.63, 3.8) is 0 Å². The average Bonchev–Trinajstić information content (AvgIpc) is 3.44. The van der Waals surface area contributed by atoms with E-state index in [0.717, 1.165) is 48.0 Å². The molecule has 1 aromatic carbocycles. The lowest BCUT2D eigenvalue weighted by Crippen LogP contribution is -2.39. The summed E-state index contributed by atoms with van der Waals surface area (Å²) in [5, 5.41) is 4.18. The van der Waals surface area contributed by atoms with Gasteiger partial charge in [0, 0.05) is 48.9 Å². The second-order valence-corrected chi connectivity index (χ2v) is 7.74. The lowest BCUT2D eigenvalue weighted by Gasteiger charge is -2.29. The largest absolute Gasteiger partial charge is 0.382 e. The number of amides is 1. The predicted molar refractivity (Wildman–Crippen MR) is 115 cm³/mol. The molecule has 0 aliphatic heterocycles. The molecule has 0 bridgehead atoms. The third-order valence-corrected chi connectivity index (χ3v) is 5.69. The van der Waals surface area contributed by atoms with E-state index in [1.54, 1.807) is 19.6 Å². The van der Waals surface area contributed by atoms with E-state index in [1.807, 2.05) is 29.0 Å². The molecule has 160 valence electrons. The van der Waals surface area contributed by atoms with E-state index in [4.69, 9.17) is 15.2 Å². The monoisotopic (exact) mass is 411 g/mol. The maximum absolute atomic E-state index is 13.2. The first-order valence-corrected chi connectivity index (χ1v) is 10.4. The predicted octanol–water partition coefficient (Wildman–Crippen LogP) is 2.52. The second-order valence-electron chi connectivity index (χ2n) is 7.74. The number of fused-ring (bicyclic) bond motifs is 1. The number of methoxy groups -OCH3 is 1. The van der Waals surface area contributed by atoms with E-state index in [0.29, 0.717) is 25.3 Å². The second kappa shape index (κ2) is 9.42. The van der Waals surface area contributed by atoms with Crippen molar-refractivity contribution in [2.75, 3.05) is 20.3 Å². The van der Waals surface area contributed by atoms with Crippen molar-refractivity contribution in [2.45, 2.75) is 44.4 Å². The Hall–Kier alpha value is -2.68. The van der Waals surface area contributed by atoms with E-state index in [-0.39, 0.29) is 18.1 Å². The summed E-state index contributed by atoms with van der Waals surface area (Å²) in [6.45, 7) is 1.62. The van der Waals surface area contributed by atoms with Gasteiger partial charge in [0.25, 0.3) is 5.91 Å². The number of H-pyrrole nitrogens is 1. The third kappa shape index (κ3) is 4.56. The topological polar surface area (TPSA) is 107 Å². The molecule has 30 heavy (non-hydrogen) atoms. The number of aromatic amines is 1. The Bertz CT molecular complexity index is 974. The van der Waals surface area contributed by atoms with Gasteiger partial charge in [-0.05, 0) is 43.9 Å². The fourth-order valence-electron chi connectivity index (χ4n) is 4.07. The van der Waals surface area contributed by atoms with Gasteiger partial charge in [0.2, 0.25) is 0 Å². The zero-order valence-electron chi connectivity index (χ0n) is 17.3. The van der Waals surface area contributed by atoms with Crippen LogP contribution in [0, 0.1) is 0 Å². The number of rotatable bonds is 8. The SMILES string of the molecule is COCCO[C@H]1CC[C@H](NC(=O)c2cc(-n3ccnc3)cc3cc(CN)[nH]c23)CC1. The summed E-state index contributed by atoms with van der Waals surface area (Å²) in [7, 11) is 1.68. The third-order valence-electron chi connectivity index (χ3n) is 5.69. The summed E-state index contributed by atoms with van der Waals surface area (Å²) in [6.07, 6.45) is 9.27. The number of ether oxygens (including phenoxy) is 2. The van der Waals surface area contributed by atoms with Crippen LogP contribution in [0.15, 0.2) is 36.9 Å². The van der Waals surface area contributed by atoms with Crippen LogP contribution in [0.3, 0.4) is 0 Å². The van der Waals surface area contributed by atoms with Gasteiger partial charge in [0.1, 0.15) is 0 Å². The summed E-state index contributed by atoms with van der Waals surface area (Å²) in [5.41, 5.74) is 9.04. The number of carbonyl (C=O) groups excluding carboxylic acids is 1. The van der Waals surface area contributed by atoms with Crippen molar-refractivity contribution in [3.05, 3.63) is 48.2 Å². The van der Waals surface area contributed by atoms with E-state index < -0.39 is 0 Å². The molecule has 3 aromatic rings. The van der Waals surface area contributed by atoms with Crippen LogP contribution in [0.1, 0.15) is 41.7 Å². The quantitative estimate of drug-likeness (QED) is 0.494. The van der Waals surface area contributed by atoms with Crippen molar-refractivity contribution < 1.29 is 14.3 Å². The Morgan fingerprint density at radius 2 is 2.10 bits per heavy atom. The van der Waals surface area contributed by atoms with Gasteiger partial charge in [-0.2, -0.15) is 0 Å². The number of nitrogens with zero attached hydrogens (tertiary/aromatic N) is 2. The smallest absolute Gasteiger partial charge is 0.253 e. The normalized spacial score (nSPS) is 19.3. The molecular weight excluding hydrogens is 382 g/mol. The highest BCUT2D eigenvalue weighted by Gasteiger charge is 2.24. The number of nitrogens with two attached hydrogens (primary N) is 1. The minimum absolute atomic E-state index is 0.0730. The number of imidazole rings is 1. The molecule has 0 saturated heterocycles. The van der Waals surface area contributed by atoms with E-state index in [9.17, 15) is 4.79 Å². The molecule has 2 aromatic heterocycles. The number of benzene rings is 1. The average molecular weight is 412 g/mol. The zero-order chi connectivity index (χ0) is 20.9. The van der Waals surface area contributed by atoms with Gasteiger partial charge in [-0.15, -0.1) is 0 Å². The standard InChI is InChI=1S/C22H29N5O3/c1-29-8-9-30-19-4-2-16(3-5-19)26-22(28)20-12-18(27-7-6-24-14-27)11-15-10-17(13-23)25-21(15)20/h6-7,10-12,14,16,19,25H,2-5,8-9,13,23H2,1H3,(H,26,28)/t16-,19-. The minimum atomic E-state index is -0.0730. The molecule has 8 nitrogen and oxygen atoms in total. The number of carbonyl (C=O) groups is 1. The molecule has 2 heterocycles. The van der Waals surface area contributed by atoms with Crippen LogP contribution in [-0.2, 0) is 16.0 Å². The Kier molecular flexibility index (Phi) is 6.47. The summed E-state index contributed by atoms with van der Waals surface area (Å²) in [5.74, 6) is -0.0730. The first-order chi connectivity index (χ1) is 14.7. The zero-order valence-corrected chi connectivity index (χ0v) is 17.3. The first-order valence-electron chi connectivity index (χ1n) is 10.4. The van der Waals surface area contributed by atoms with Gasteiger partial charge in [-0.3, -0.25) is 4.79 Å². The van der Waals surface area contributed by atoms with Crippen LogP contribution in [-0.4, -0.2) is 52.9 Å². The van der Waals surface area contributed by atoms with E-state index in [1.165, 1.54) is 0 Å². The number of hydrogen-bond acceptors (Lipinski definition) is 5. The van der Waals surface area contributed by atoms with Gasteiger partial charge < -0.3 is 30.1 Å². The summed E-state index contributed by atoms with van der Waals surface area (Å²) >= 11 is 0. The van der Waals surface area contributed by atoms with Crippen molar-refractivity contribution in [2.24, 2.45) is 5.73 Å². The molecule has 0 spiro atoms. The Labute approximate surface area is 175 Å². The molecule has 1 aliphatic rings. The number of hydrogen-bond donors (Lipinski definition) is 3. The molecule has 0 radical (unpaired) electrons. The molecule has 1 amide bonds. The van der Waals surface area contributed by atoms with Gasteiger partial charge in [-0.1, -0.05) is 0 Å². The van der Waals surface area contributed by atoms with Gasteiger partial charge in [-0.25, -0.2) is 4.98 Å². The molecule has 0 atom stereocenters. The lowest BCUT2D eigenvalue weighted by molar-refractivity contribution is -0.00408. The van der Waals surface area contributed by atoms with Crippen LogP contribution in [0.4, 0.5) is 0 Å². The highest BCUT2D eigenvalue weighted by atomic mass is 16.5. The van der Waals surface area contributed by atoms with Gasteiger partial charge in [0.15, 0.2) is 0 Å². The van der Waals surface area contributed by atoms with E-state index >= 15 is 0 Å². The Morgan fingerprint density at radius 3 is 2.80 bits per heavy atom. The summed E-state index contributed by atoms with van der Waals surface area (Å²) in [4.78, 5) is 20.6. The maximum Gasteiger partial charge on any atom is 0.253 e. The van der Waals surface area contributed by atoms with Crippen molar-refractivity contribution in [1.29, 1.82) is 0 Å². The molecule has 8 heteroatoms. The first kappa shape index (κ1) is 20.6. The Morgan fingerprint density at radius 1 is 1.27 bits per heavy atom. The van der Waals surface area contributed by atoms with Crippen molar-refractivity contribution in [1.82, 2.24) is 19.9 Å². The molecule has 0 unspecified atom stereocenters. The fourth-order valence-corrected chi connectivity index (χ4v) is 4.07. The molecule has 4 rings (SSSR count). The van der Waals surface area contributed by atoms with Crippen LogP contribution in [0.25, 0.3) is 16.6 Å². The van der Waals surface area contributed by atoms with Crippen LogP contribution in [0.2, 0.25) is 0 Å². The molecular formula is C22H29N5O3. The minimum Gasteiger partial charge on any atom is -0.382 e. The van der Waals surface area contributed by atoms with Crippen LogP contribution < -0.4 is 11.1 Å². The number of aromatic nitrogens is 3. The molecule has 1 fully saturated rings. The van der Waals surface area contributed by atoms with Crippen molar-refractivity contribution >= 4 is 16.8 Å². The highest BCUT2D eigenvalue weighted by molar-refractivity contribution is 6.07. The molecule has 1 saturated carbocycles. The van der Waals surface area contributed by atoms with Gasteiger partial charge in [0.05, 0.1) is 36.7 Å². The fraction of sp³-hybridized carbons (Fsp3) is 0.455. The number of nitrogens with one attached hydrogen (secondary N) is 2. The highest BCUT2D eigenvalue weighted by Crippen LogP contribution is 2.26.